The molecule has 3 rings (SSSR count). The van der Waals surface area contributed by atoms with Gasteiger partial charge in [0.05, 0.1) is 0 Å². The van der Waals surface area contributed by atoms with E-state index in [1.54, 1.807) is 0 Å². The molecule has 3 nitrogen and oxygen atoms in total. The molecule has 0 saturated carbocycles. The first-order chi connectivity index (χ1) is 9.92. The lowest BCUT2D eigenvalue weighted by atomic mass is 9.95. The normalized spacial score (nSPS) is 17.0. The smallest absolute Gasteiger partial charge is 0.411 e. The number of hydrogen-bond donors (Lipinski definition) is 1. The van der Waals surface area contributed by atoms with Crippen molar-refractivity contribution in [1.29, 1.82) is 0 Å². The molecule has 2 aliphatic carbocycles. The summed E-state index contributed by atoms with van der Waals surface area (Å²) in [5.74, 6) is 0. The Labute approximate surface area is 125 Å². The van der Waals surface area contributed by atoms with E-state index in [1.807, 2.05) is 20.8 Å². The molecule has 1 aromatic carbocycles. The van der Waals surface area contributed by atoms with Crippen molar-refractivity contribution in [2.45, 2.75) is 45.6 Å². The van der Waals surface area contributed by atoms with Crippen LogP contribution in [0, 0.1) is 0 Å². The van der Waals surface area contributed by atoms with Gasteiger partial charge in [0.25, 0.3) is 0 Å². The number of amides is 1. The predicted molar refractivity (Wildman–Crippen MR) is 83.8 cm³/mol. The van der Waals surface area contributed by atoms with Crippen molar-refractivity contribution in [3.05, 3.63) is 52.7 Å². The number of benzene rings is 1. The first-order valence-electron chi connectivity index (χ1n) is 7.43. The predicted octanol–water partition coefficient (Wildman–Crippen LogP) is 4.20. The van der Waals surface area contributed by atoms with Gasteiger partial charge in [0.2, 0.25) is 0 Å². The fraction of sp³-hybridized carbons (Fsp3) is 0.389. The minimum Gasteiger partial charge on any atom is -0.444 e. The van der Waals surface area contributed by atoms with Gasteiger partial charge < -0.3 is 4.74 Å². The standard InChI is InChI=1S/C18H21NO2/c1-18(2,3)21-17(20)19-14-8-9-16-13(11-14)10-12-6-4-5-7-15(12)16/h4-7,11H,8-10H2,1-3H3,(H,19,20). The summed E-state index contributed by atoms with van der Waals surface area (Å²) in [7, 11) is 0. The molecule has 2 aliphatic rings. The molecular weight excluding hydrogens is 262 g/mol. The first-order valence-corrected chi connectivity index (χ1v) is 7.43. The van der Waals surface area contributed by atoms with Crippen LogP contribution < -0.4 is 5.32 Å². The zero-order valence-electron chi connectivity index (χ0n) is 12.8. The van der Waals surface area contributed by atoms with Crippen LogP contribution in [0.15, 0.2) is 41.6 Å². The molecule has 21 heavy (non-hydrogen) atoms. The number of carbonyl (C=O) groups is 1. The molecule has 1 aromatic rings. The third-order valence-electron chi connectivity index (χ3n) is 3.77. The van der Waals surface area contributed by atoms with Gasteiger partial charge in [-0.05, 0) is 68.4 Å². The second kappa shape index (κ2) is 5.06. The highest BCUT2D eigenvalue weighted by Crippen LogP contribution is 2.39. The average molecular weight is 283 g/mol. The number of fused-ring (bicyclic) bond motifs is 2. The maximum absolute atomic E-state index is 11.8. The van der Waals surface area contributed by atoms with Crippen molar-refractivity contribution in [2.24, 2.45) is 0 Å². The first kappa shape index (κ1) is 13.9. The van der Waals surface area contributed by atoms with E-state index < -0.39 is 5.60 Å². The van der Waals surface area contributed by atoms with Gasteiger partial charge in [0.1, 0.15) is 5.60 Å². The number of carbonyl (C=O) groups excluding carboxylic acids is 1. The molecule has 1 N–H and O–H groups in total. The van der Waals surface area contributed by atoms with Crippen LogP contribution in [0.2, 0.25) is 0 Å². The van der Waals surface area contributed by atoms with E-state index >= 15 is 0 Å². The lowest BCUT2D eigenvalue weighted by Crippen LogP contribution is -2.32. The van der Waals surface area contributed by atoms with Gasteiger partial charge in [0, 0.05) is 5.70 Å². The highest BCUT2D eigenvalue weighted by atomic mass is 16.6. The fourth-order valence-electron chi connectivity index (χ4n) is 2.96. The van der Waals surface area contributed by atoms with E-state index in [0.717, 1.165) is 25.0 Å². The van der Waals surface area contributed by atoms with E-state index in [-0.39, 0.29) is 6.09 Å². The Kier molecular flexibility index (Phi) is 3.36. The van der Waals surface area contributed by atoms with Gasteiger partial charge in [-0.1, -0.05) is 24.3 Å². The Morgan fingerprint density at radius 2 is 1.95 bits per heavy atom. The van der Waals surface area contributed by atoms with Crippen LogP contribution in [-0.2, 0) is 11.2 Å². The summed E-state index contributed by atoms with van der Waals surface area (Å²) in [4.78, 5) is 11.8. The number of rotatable bonds is 1. The number of alkyl carbamates (subject to hydrolysis) is 1. The van der Waals surface area contributed by atoms with Gasteiger partial charge in [-0.2, -0.15) is 0 Å². The topological polar surface area (TPSA) is 38.3 Å². The Bertz CT molecular complexity index is 647. The number of hydrogen-bond acceptors (Lipinski definition) is 2. The minimum atomic E-state index is -0.465. The Hall–Kier alpha value is -2.03. The van der Waals surface area contributed by atoms with E-state index in [4.69, 9.17) is 4.74 Å². The lowest BCUT2D eigenvalue weighted by Gasteiger charge is -2.22. The zero-order chi connectivity index (χ0) is 15.0. The molecule has 0 spiro atoms. The largest absolute Gasteiger partial charge is 0.444 e. The Morgan fingerprint density at radius 3 is 2.71 bits per heavy atom. The van der Waals surface area contributed by atoms with Crippen molar-refractivity contribution in [2.75, 3.05) is 0 Å². The average Bonchev–Trinajstić information content (AvgIpc) is 2.73. The summed E-state index contributed by atoms with van der Waals surface area (Å²) < 4.78 is 5.31. The third-order valence-corrected chi connectivity index (χ3v) is 3.77. The van der Waals surface area contributed by atoms with Crippen LogP contribution >= 0.6 is 0 Å². The van der Waals surface area contributed by atoms with E-state index in [0.29, 0.717) is 0 Å². The SMILES string of the molecule is CC(C)(C)OC(=O)NC1=CC2=C(CC1)c1ccccc1C2. The van der Waals surface area contributed by atoms with Gasteiger partial charge in [0.15, 0.2) is 0 Å². The molecule has 0 heterocycles. The lowest BCUT2D eigenvalue weighted by molar-refractivity contribution is 0.0544. The number of allylic oxidation sites excluding steroid dienone is 4. The van der Waals surface area contributed by atoms with Crippen LogP contribution in [0.25, 0.3) is 5.57 Å². The van der Waals surface area contributed by atoms with Crippen molar-refractivity contribution < 1.29 is 9.53 Å². The zero-order valence-corrected chi connectivity index (χ0v) is 12.8. The second-order valence-electron chi connectivity index (χ2n) is 6.63. The van der Waals surface area contributed by atoms with Gasteiger partial charge in [-0.15, -0.1) is 0 Å². The molecule has 0 saturated heterocycles. The van der Waals surface area contributed by atoms with Crippen molar-refractivity contribution in [1.82, 2.24) is 5.32 Å². The van der Waals surface area contributed by atoms with Gasteiger partial charge in [-0.25, -0.2) is 4.79 Å². The molecule has 0 aromatic heterocycles. The van der Waals surface area contributed by atoms with E-state index in [1.165, 1.54) is 22.3 Å². The summed E-state index contributed by atoms with van der Waals surface area (Å²) in [6.07, 6.45) is 4.54. The van der Waals surface area contributed by atoms with Crippen LogP contribution in [0.3, 0.4) is 0 Å². The summed E-state index contributed by atoms with van der Waals surface area (Å²) >= 11 is 0. The molecule has 1 amide bonds. The van der Waals surface area contributed by atoms with Crippen LogP contribution in [0.5, 0.6) is 0 Å². The third kappa shape index (κ3) is 3.02. The number of ether oxygens (including phenoxy) is 1. The van der Waals surface area contributed by atoms with Crippen molar-refractivity contribution >= 4 is 11.7 Å². The van der Waals surface area contributed by atoms with E-state index in [9.17, 15) is 4.79 Å². The maximum atomic E-state index is 11.8. The van der Waals surface area contributed by atoms with Gasteiger partial charge in [-0.3, -0.25) is 5.32 Å². The molecule has 0 aliphatic heterocycles. The quantitative estimate of drug-likeness (QED) is 0.839. The van der Waals surface area contributed by atoms with Crippen LogP contribution in [-0.4, -0.2) is 11.7 Å². The molecule has 110 valence electrons. The molecule has 3 heteroatoms. The highest BCUT2D eigenvalue weighted by molar-refractivity contribution is 5.80. The molecule has 0 radical (unpaired) electrons. The monoisotopic (exact) mass is 283 g/mol. The molecule has 0 bridgehead atoms. The van der Waals surface area contributed by atoms with E-state index in [2.05, 4.69) is 35.7 Å². The van der Waals surface area contributed by atoms with Crippen LogP contribution in [0.1, 0.15) is 44.7 Å². The molecule has 0 atom stereocenters. The minimum absolute atomic E-state index is 0.367. The fourth-order valence-corrected chi connectivity index (χ4v) is 2.96. The Balaban J connectivity index is 1.74. The summed E-state index contributed by atoms with van der Waals surface area (Å²) in [5.41, 5.74) is 6.01. The highest BCUT2D eigenvalue weighted by Gasteiger charge is 2.24. The second-order valence-corrected chi connectivity index (χ2v) is 6.63. The van der Waals surface area contributed by atoms with Crippen molar-refractivity contribution in [3.63, 3.8) is 0 Å². The molecule has 0 fully saturated rings. The molecule has 0 unspecified atom stereocenters. The molecular formula is C18H21NO2. The number of nitrogens with one attached hydrogen (secondary N) is 1. The maximum Gasteiger partial charge on any atom is 0.411 e. The van der Waals surface area contributed by atoms with Crippen molar-refractivity contribution in [3.8, 4) is 0 Å². The summed E-state index contributed by atoms with van der Waals surface area (Å²) in [6, 6.07) is 8.55. The van der Waals surface area contributed by atoms with Crippen LogP contribution in [0.4, 0.5) is 4.79 Å². The summed E-state index contributed by atoms with van der Waals surface area (Å²) in [5, 5.41) is 2.88. The van der Waals surface area contributed by atoms with Gasteiger partial charge >= 0.3 is 6.09 Å². The Morgan fingerprint density at radius 1 is 1.19 bits per heavy atom. The summed E-state index contributed by atoms with van der Waals surface area (Å²) in [6.45, 7) is 5.61.